The smallest absolute Gasteiger partial charge is 0.201 e. The highest BCUT2D eigenvalue weighted by molar-refractivity contribution is 5.71. The van der Waals surface area contributed by atoms with Crippen LogP contribution in [-0.2, 0) is 19.8 Å². The summed E-state index contributed by atoms with van der Waals surface area (Å²) in [5.41, 5.74) is 5.90. The van der Waals surface area contributed by atoms with Crippen LogP contribution in [0, 0.1) is 12.3 Å². The van der Waals surface area contributed by atoms with Gasteiger partial charge in [0.1, 0.15) is 7.05 Å². The van der Waals surface area contributed by atoms with Gasteiger partial charge in [0.2, 0.25) is 5.69 Å². The first kappa shape index (κ1) is 13.7. The summed E-state index contributed by atoms with van der Waals surface area (Å²) in [5, 5.41) is 0. The lowest BCUT2D eigenvalue weighted by atomic mass is 9.70. The molecule has 28 heavy (non-hydrogen) atoms. The predicted molar refractivity (Wildman–Crippen MR) is 116 cm³/mol. The van der Waals surface area contributed by atoms with Gasteiger partial charge in [-0.1, -0.05) is 49.2 Å². The van der Waals surface area contributed by atoms with Gasteiger partial charge in [0.05, 0.1) is 0 Å². The van der Waals surface area contributed by atoms with Crippen LogP contribution in [0.4, 0.5) is 0 Å². The van der Waals surface area contributed by atoms with Crippen molar-refractivity contribution in [3.05, 3.63) is 77.5 Å². The molecule has 1 aromatic heterocycles. The highest BCUT2D eigenvalue weighted by atomic mass is 14.9. The molecule has 0 aliphatic heterocycles. The van der Waals surface area contributed by atoms with E-state index >= 15 is 0 Å². The molecule has 1 fully saturated rings. The number of pyridine rings is 1. The number of rotatable bonds is 2. The normalized spacial score (nSPS) is 23.4. The molecule has 0 atom stereocenters. The SMILES string of the molecule is [2H]C1([2H])CC2(CCCC2)C([2H])([2H])c2ccc(-c3cc[n+](C)c(-c4ccccc4C)c3)cc21. The van der Waals surface area contributed by atoms with Crippen molar-refractivity contribution in [1.29, 1.82) is 0 Å². The molecular weight excluding hydrogens is 338 g/mol. The van der Waals surface area contributed by atoms with E-state index in [-0.39, 0.29) is 6.42 Å². The summed E-state index contributed by atoms with van der Waals surface area (Å²) in [4.78, 5) is 0. The Hall–Kier alpha value is -2.41. The molecule has 2 aliphatic rings. The third kappa shape index (κ3) is 3.07. The molecule has 1 spiro atoms. The summed E-state index contributed by atoms with van der Waals surface area (Å²) in [7, 11) is 2.03. The highest BCUT2D eigenvalue weighted by Crippen LogP contribution is 2.48. The summed E-state index contributed by atoms with van der Waals surface area (Å²) in [6.07, 6.45) is 2.81. The molecule has 0 bridgehead atoms. The number of aromatic nitrogens is 1. The number of aryl methyl sites for hydroxylation is 3. The van der Waals surface area contributed by atoms with Crippen LogP contribution in [-0.4, -0.2) is 0 Å². The predicted octanol–water partition coefficient (Wildman–Crippen LogP) is 6.20. The van der Waals surface area contributed by atoms with E-state index in [9.17, 15) is 0 Å². The van der Waals surface area contributed by atoms with Gasteiger partial charge < -0.3 is 0 Å². The van der Waals surface area contributed by atoms with E-state index in [0.717, 1.165) is 42.5 Å². The van der Waals surface area contributed by atoms with Crippen molar-refractivity contribution in [3.8, 4) is 22.4 Å². The fourth-order valence-corrected chi connectivity index (χ4v) is 4.80. The molecule has 0 amide bonds. The monoisotopic (exact) mass is 372 g/mol. The minimum Gasteiger partial charge on any atom is -0.201 e. The van der Waals surface area contributed by atoms with E-state index < -0.39 is 18.2 Å². The van der Waals surface area contributed by atoms with Crippen molar-refractivity contribution in [2.45, 2.75) is 51.8 Å². The number of fused-ring (bicyclic) bond motifs is 1. The minimum absolute atomic E-state index is 0.266. The van der Waals surface area contributed by atoms with Crippen molar-refractivity contribution < 1.29 is 10.1 Å². The Morgan fingerprint density at radius 2 is 1.68 bits per heavy atom. The van der Waals surface area contributed by atoms with Gasteiger partial charge in [-0.15, -0.1) is 0 Å². The third-order valence-electron chi connectivity index (χ3n) is 6.50. The largest absolute Gasteiger partial charge is 0.213 e. The zero-order chi connectivity index (χ0) is 22.7. The van der Waals surface area contributed by atoms with E-state index in [1.54, 1.807) is 0 Å². The van der Waals surface area contributed by atoms with Crippen LogP contribution in [0.3, 0.4) is 0 Å². The Morgan fingerprint density at radius 3 is 2.50 bits per heavy atom. The first-order chi connectivity index (χ1) is 15.1. The topological polar surface area (TPSA) is 3.88 Å². The van der Waals surface area contributed by atoms with Gasteiger partial charge in [0.15, 0.2) is 6.20 Å². The maximum Gasteiger partial charge on any atom is 0.213 e. The zero-order valence-corrected chi connectivity index (χ0v) is 16.8. The van der Waals surface area contributed by atoms with E-state index in [1.807, 2.05) is 43.6 Å². The van der Waals surface area contributed by atoms with Gasteiger partial charge in [-0.05, 0) is 78.2 Å². The molecule has 0 saturated heterocycles. The minimum atomic E-state index is -1.53. The standard InChI is InChI=1S/C27H30N/c1-20-7-3-4-8-25(20)26-18-23(12-16-28(26)2)21-9-10-24-19-27(13-5-6-14-27)15-11-22(24)17-21/h3-4,7-10,12,16-18H,5-6,11,13-15,19H2,1-2H3/q+1/i11D2,19D2. The van der Waals surface area contributed by atoms with Crippen LogP contribution >= 0.6 is 0 Å². The Morgan fingerprint density at radius 1 is 0.893 bits per heavy atom. The molecule has 0 radical (unpaired) electrons. The number of hydrogen-bond donors (Lipinski definition) is 0. The average Bonchev–Trinajstić information content (AvgIpc) is 3.23. The zero-order valence-electron chi connectivity index (χ0n) is 20.8. The Labute approximate surface area is 174 Å². The lowest BCUT2D eigenvalue weighted by Crippen LogP contribution is -2.30. The Balaban J connectivity index is 1.63. The second kappa shape index (κ2) is 6.88. The van der Waals surface area contributed by atoms with Crippen molar-refractivity contribution in [2.75, 3.05) is 0 Å². The number of nitrogens with zero attached hydrogens (tertiary/aromatic N) is 1. The summed E-state index contributed by atoms with van der Waals surface area (Å²) >= 11 is 0. The summed E-state index contributed by atoms with van der Waals surface area (Å²) < 4.78 is 37.8. The summed E-state index contributed by atoms with van der Waals surface area (Å²) in [6, 6.07) is 18.2. The molecule has 1 nitrogen and oxygen atoms in total. The summed E-state index contributed by atoms with van der Waals surface area (Å²) in [5.74, 6) is 0. The molecule has 142 valence electrons. The van der Waals surface area contributed by atoms with Crippen LogP contribution in [0.1, 0.15) is 54.3 Å². The molecule has 3 aromatic rings. The maximum atomic E-state index is 9.00. The fourth-order valence-electron chi connectivity index (χ4n) is 4.80. The molecular formula is C27H30N+. The van der Waals surface area contributed by atoms with E-state index in [4.69, 9.17) is 5.48 Å². The molecule has 0 N–H and O–H groups in total. The molecule has 1 saturated carbocycles. The molecule has 2 aromatic carbocycles. The van der Waals surface area contributed by atoms with Gasteiger partial charge in [-0.25, -0.2) is 4.57 Å². The van der Waals surface area contributed by atoms with Crippen molar-refractivity contribution in [3.63, 3.8) is 0 Å². The van der Waals surface area contributed by atoms with E-state index in [0.29, 0.717) is 11.1 Å². The van der Waals surface area contributed by atoms with Crippen LogP contribution in [0.2, 0.25) is 0 Å². The van der Waals surface area contributed by atoms with Gasteiger partial charge >= 0.3 is 0 Å². The van der Waals surface area contributed by atoms with Crippen LogP contribution in [0.15, 0.2) is 60.8 Å². The highest BCUT2D eigenvalue weighted by Gasteiger charge is 2.36. The molecule has 0 unspecified atom stereocenters. The van der Waals surface area contributed by atoms with Crippen molar-refractivity contribution >= 4 is 0 Å². The van der Waals surface area contributed by atoms with Crippen LogP contribution < -0.4 is 4.57 Å². The van der Waals surface area contributed by atoms with Gasteiger partial charge in [0, 0.05) is 23.2 Å². The molecule has 1 heteroatoms. The number of hydrogen-bond acceptors (Lipinski definition) is 0. The molecule has 1 heterocycles. The fraction of sp³-hybridized carbons (Fsp3) is 0.370. The maximum absolute atomic E-state index is 9.00. The first-order valence-electron chi connectivity index (χ1n) is 12.4. The first-order valence-corrected chi connectivity index (χ1v) is 10.4. The average molecular weight is 373 g/mol. The Kier molecular flexibility index (Phi) is 3.37. The second-order valence-electron chi connectivity index (χ2n) is 8.45. The quantitative estimate of drug-likeness (QED) is 0.471. The van der Waals surface area contributed by atoms with Crippen molar-refractivity contribution in [2.24, 2.45) is 12.5 Å². The van der Waals surface area contributed by atoms with E-state index in [1.165, 1.54) is 11.1 Å². The van der Waals surface area contributed by atoms with Gasteiger partial charge in [0.25, 0.3) is 0 Å². The third-order valence-corrected chi connectivity index (χ3v) is 6.50. The lowest BCUT2D eigenvalue weighted by molar-refractivity contribution is -0.660. The van der Waals surface area contributed by atoms with Crippen molar-refractivity contribution in [1.82, 2.24) is 0 Å². The lowest BCUT2D eigenvalue weighted by Gasteiger charge is -2.35. The Bertz CT molecular complexity index is 1190. The van der Waals surface area contributed by atoms with Gasteiger partial charge in [-0.2, -0.15) is 0 Å². The summed E-state index contributed by atoms with van der Waals surface area (Å²) in [6.45, 7) is 2.11. The second-order valence-corrected chi connectivity index (χ2v) is 8.45. The molecule has 5 rings (SSSR count). The van der Waals surface area contributed by atoms with E-state index in [2.05, 4.69) is 35.8 Å². The number of benzene rings is 2. The molecule has 2 aliphatic carbocycles. The van der Waals surface area contributed by atoms with Crippen LogP contribution in [0.5, 0.6) is 0 Å². The van der Waals surface area contributed by atoms with Gasteiger partial charge in [-0.3, -0.25) is 0 Å². The van der Waals surface area contributed by atoms with Crippen LogP contribution in [0.25, 0.3) is 22.4 Å².